The Morgan fingerprint density at radius 3 is 2.36 bits per heavy atom. The van der Waals surface area contributed by atoms with Crippen molar-refractivity contribution in [1.82, 2.24) is 4.57 Å². The zero-order chi connectivity index (χ0) is 23.5. The average molecular weight is 447 g/mol. The molecule has 2 aromatic heterocycles. The van der Waals surface area contributed by atoms with Crippen LogP contribution in [0, 0.1) is 0 Å². The Balaban J connectivity index is 1.97. The molecule has 2 heterocycles. The van der Waals surface area contributed by atoms with Gasteiger partial charge in [0.25, 0.3) is 0 Å². The van der Waals surface area contributed by atoms with E-state index in [0.717, 1.165) is 0 Å². The number of carbonyl (C=O) groups is 2. The summed E-state index contributed by atoms with van der Waals surface area (Å²) in [6.45, 7) is 0.501. The predicted molar refractivity (Wildman–Crippen MR) is 119 cm³/mol. The number of pyridine rings is 2. The van der Waals surface area contributed by atoms with E-state index in [4.69, 9.17) is 10.2 Å². The van der Waals surface area contributed by atoms with E-state index in [-0.39, 0.29) is 31.8 Å². The van der Waals surface area contributed by atoms with Crippen molar-refractivity contribution in [3.05, 3.63) is 90.2 Å². The minimum absolute atomic E-state index is 0.0451. The second-order valence-corrected chi connectivity index (χ2v) is 6.88. The number of azo groups is 1. The molecule has 0 bridgehead atoms. The summed E-state index contributed by atoms with van der Waals surface area (Å²) in [6, 6.07) is 19.8. The average Bonchev–Trinajstić information content (AvgIpc) is 2.83. The van der Waals surface area contributed by atoms with E-state index in [0.29, 0.717) is 16.9 Å². The number of hydrogen-bond donors (Lipinski definition) is 2. The molecule has 0 atom stereocenters. The van der Waals surface area contributed by atoms with Gasteiger partial charge in [-0.15, -0.1) is 10.2 Å². The molecule has 0 saturated carbocycles. The van der Waals surface area contributed by atoms with Gasteiger partial charge in [0.05, 0.1) is 24.2 Å². The summed E-state index contributed by atoms with van der Waals surface area (Å²) in [4.78, 5) is 21.9. The molecule has 0 aliphatic carbocycles. The first-order chi connectivity index (χ1) is 16.0. The number of carboxylic acid groups (broad SMARTS) is 2. The zero-order valence-corrected chi connectivity index (χ0v) is 17.7. The van der Waals surface area contributed by atoms with Crippen LogP contribution in [0.3, 0.4) is 0 Å². The van der Waals surface area contributed by atoms with Gasteiger partial charge in [0.15, 0.2) is 5.49 Å². The molecule has 168 valence electrons. The van der Waals surface area contributed by atoms with Crippen LogP contribution in [0.4, 0.5) is 5.82 Å². The van der Waals surface area contributed by atoms with Crippen LogP contribution >= 0.6 is 0 Å². The molecule has 0 aliphatic rings. The maximum absolute atomic E-state index is 10.9. The molecular formula is C23H23N6O4+. The van der Waals surface area contributed by atoms with E-state index in [1.54, 1.807) is 57.9 Å². The van der Waals surface area contributed by atoms with Gasteiger partial charge in [-0.25, -0.2) is 4.57 Å². The first kappa shape index (κ1) is 23.2. The molecule has 0 fully saturated rings. The number of aliphatic carboxylic acids is 2. The van der Waals surface area contributed by atoms with Gasteiger partial charge in [0.1, 0.15) is 6.54 Å². The minimum Gasteiger partial charge on any atom is -0.481 e. The fraction of sp³-hybridized carbons (Fsp3) is 0.174. The maximum atomic E-state index is 10.9. The highest BCUT2D eigenvalue weighted by molar-refractivity contribution is 5.99. The molecule has 2 N–H and O–H groups in total. The molecule has 0 radical (unpaired) electrons. The number of rotatable bonds is 9. The number of carboxylic acids is 2. The Hall–Kier alpha value is -4.47. The monoisotopic (exact) mass is 447 g/mol. The Bertz CT molecular complexity index is 1230. The van der Waals surface area contributed by atoms with Gasteiger partial charge < -0.3 is 14.8 Å². The molecule has 33 heavy (non-hydrogen) atoms. The van der Waals surface area contributed by atoms with Crippen molar-refractivity contribution in [2.75, 3.05) is 0 Å². The molecule has 3 aromatic rings. The van der Waals surface area contributed by atoms with Gasteiger partial charge >= 0.3 is 17.8 Å². The minimum atomic E-state index is -0.904. The molecule has 0 amide bonds. The summed E-state index contributed by atoms with van der Waals surface area (Å²) in [5, 5.41) is 35.0. The Morgan fingerprint density at radius 1 is 0.879 bits per heavy atom. The molecule has 0 spiro atoms. The van der Waals surface area contributed by atoms with E-state index in [1.165, 1.54) is 0 Å². The highest BCUT2D eigenvalue weighted by Gasteiger charge is 2.12. The summed E-state index contributed by atoms with van der Waals surface area (Å²) in [5.74, 6) is -1.09. The number of aryl methyl sites for hydroxylation is 2. The number of benzene rings is 1. The molecule has 0 unspecified atom stereocenters. The number of amidine groups is 1. The lowest BCUT2D eigenvalue weighted by Crippen LogP contribution is -2.34. The maximum Gasteiger partial charge on any atom is 0.350 e. The summed E-state index contributed by atoms with van der Waals surface area (Å²) >= 11 is 0. The largest absolute Gasteiger partial charge is 0.481 e. The summed E-state index contributed by atoms with van der Waals surface area (Å²) in [5.41, 5.74) is 1.16. The van der Waals surface area contributed by atoms with E-state index < -0.39 is 11.9 Å². The van der Waals surface area contributed by atoms with Crippen LogP contribution in [0.5, 0.6) is 0 Å². The van der Waals surface area contributed by atoms with Gasteiger partial charge in [0.2, 0.25) is 5.84 Å². The second-order valence-electron chi connectivity index (χ2n) is 6.88. The van der Waals surface area contributed by atoms with E-state index in [2.05, 4.69) is 20.4 Å². The molecule has 10 nitrogen and oxygen atoms in total. The first-order valence-electron chi connectivity index (χ1n) is 10.2. The zero-order valence-electron chi connectivity index (χ0n) is 17.7. The van der Waals surface area contributed by atoms with E-state index in [1.807, 2.05) is 30.3 Å². The van der Waals surface area contributed by atoms with E-state index in [9.17, 15) is 9.59 Å². The topological polar surface area (TPSA) is 133 Å². The highest BCUT2D eigenvalue weighted by atomic mass is 16.4. The molecule has 1 aromatic carbocycles. The van der Waals surface area contributed by atoms with Crippen LogP contribution in [-0.4, -0.2) is 32.6 Å². The van der Waals surface area contributed by atoms with Crippen molar-refractivity contribution < 1.29 is 24.4 Å². The third kappa shape index (κ3) is 7.31. The molecule has 0 saturated heterocycles. The predicted octanol–water partition coefficient (Wildman–Crippen LogP) is 2.77. The fourth-order valence-electron chi connectivity index (χ4n) is 2.85. The van der Waals surface area contributed by atoms with Crippen LogP contribution in [0.1, 0.15) is 18.4 Å². The molecular weight excluding hydrogens is 424 g/mol. The SMILES string of the molecule is O=C(O)CCn1ccccc1=NN=C(N=Nc1cccc[n+]1CCC(=O)O)c1ccccc1. The van der Waals surface area contributed by atoms with Crippen LogP contribution in [0.25, 0.3) is 0 Å². The number of nitrogens with zero attached hydrogens (tertiary/aromatic N) is 6. The van der Waals surface area contributed by atoms with Crippen molar-refractivity contribution in [3.63, 3.8) is 0 Å². The van der Waals surface area contributed by atoms with Gasteiger partial charge in [-0.1, -0.05) is 42.5 Å². The van der Waals surface area contributed by atoms with Gasteiger partial charge in [0, 0.05) is 24.4 Å². The van der Waals surface area contributed by atoms with Crippen LogP contribution in [-0.2, 0) is 22.7 Å². The van der Waals surface area contributed by atoms with Gasteiger partial charge in [-0.05, 0) is 23.3 Å². The van der Waals surface area contributed by atoms with E-state index >= 15 is 0 Å². The smallest absolute Gasteiger partial charge is 0.350 e. The Labute approximate surface area is 189 Å². The normalized spacial score (nSPS) is 12.2. The van der Waals surface area contributed by atoms with Crippen molar-refractivity contribution in [2.24, 2.45) is 20.4 Å². The highest BCUT2D eigenvalue weighted by Crippen LogP contribution is 2.09. The summed E-state index contributed by atoms with van der Waals surface area (Å²) in [6.07, 6.45) is 3.37. The fourth-order valence-corrected chi connectivity index (χ4v) is 2.85. The van der Waals surface area contributed by atoms with Crippen molar-refractivity contribution >= 4 is 23.6 Å². The van der Waals surface area contributed by atoms with Crippen molar-refractivity contribution in [3.8, 4) is 0 Å². The standard InChI is InChI=1S/C23H22N6O4/c30-21(31)12-16-28-14-6-4-10-19(28)24-26-23(18-8-2-1-3-9-18)27-25-20-11-5-7-15-29(20)17-13-22(32)33/h1-11,14-15H,12-13,16-17H2,(H-,30,31,32,33)/p+1. The van der Waals surface area contributed by atoms with Crippen molar-refractivity contribution in [1.29, 1.82) is 0 Å². The molecule has 10 heteroatoms. The molecule has 0 aliphatic heterocycles. The summed E-state index contributed by atoms with van der Waals surface area (Å²) in [7, 11) is 0. The van der Waals surface area contributed by atoms with Crippen LogP contribution in [0.15, 0.2) is 99.6 Å². The Kier molecular flexibility index (Phi) is 8.29. The molecule has 3 rings (SSSR count). The third-order valence-corrected chi connectivity index (χ3v) is 4.49. The lowest BCUT2D eigenvalue weighted by atomic mass is 10.2. The lowest BCUT2D eigenvalue weighted by molar-refractivity contribution is -0.683. The Morgan fingerprint density at radius 2 is 1.61 bits per heavy atom. The quantitative estimate of drug-likeness (QED) is 0.172. The van der Waals surface area contributed by atoms with Crippen LogP contribution in [0.2, 0.25) is 0 Å². The number of hydrogen-bond acceptors (Lipinski definition) is 5. The first-order valence-corrected chi connectivity index (χ1v) is 10.2. The van der Waals surface area contributed by atoms with Gasteiger partial charge in [-0.3, -0.25) is 9.59 Å². The lowest BCUT2D eigenvalue weighted by Gasteiger charge is -2.04. The van der Waals surface area contributed by atoms with Gasteiger partial charge in [-0.2, -0.15) is 0 Å². The summed E-state index contributed by atoms with van der Waals surface area (Å²) < 4.78 is 3.38. The number of aromatic nitrogens is 2. The second kappa shape index (κ2) is 11.8. The third-order valence-electron chi connectivity index (χ3n) is 4.49. The van der Waals surface area contributed by atoms with Crippen molar-refractivity contribution in [2.45, 2.75) is 25.9 Å². The van der Waals surface area contributed by atoms with Crippen LogP contribution < -0.4 is 10.1 Å².